The Morgan fingerprint density at radius 3 is 2.28 bits per heavy atom. The van der Waals surface area contributed by atoms with Crippen LogP contribution in [-0.4, -0.2) is 23.1 Å². The predicted octanol–water partition coefficient (Wildman–Crippen LogP) is 5.72. The number of rotatable bonds is 9. The van der Waals surface area contributed by atoms with Crippen molar-refractivity contribution in [3.8, 4) is 17.2 Å². The lowest BCUT2D eigenvalue weighted by molar-refractivity contribution is -0.110. The van der Waals surface area contributed by atoms with Crippen LogP contribution in [0.5, 0.6) is 17.2 Å². The normalized spacial score (nSPS) is 11.7. The van der Waals surface area contributed by atoms with Crippen LogP contribution in [0.15, 0.2) is 96.8 Å². The van der Waals surface area contributed by atoms with Crippen molar-refractivity contribution in [2.75, 3.05) is 7.11 Å². The van der Waals surface area contributed by atoms with Gasteiger partial charge in [0.1, 0.15) is 18.1 Å². The Kier molecular flexibility index (Phi) is 7.87. The molecule has 0 fully saturated rings. The molecule has 0 heterocycles. The Balaban J connectivity index is 1.61. The Hall–Kier alpha value is -4.25. The zero-order valence-electron chi connectivity index (χ0n) is 17.6. The van der Waals surface area contributed by atoms with Crippen molar-refractivity contribution in [1.29, 1.82) is 0 Å². The second-order valence-corrected chi connectivity index (χ2v) is 6.91. The third-order valence-electron chi connectivity index (χ3n) is 4.49. The van der Waals surface area contributed by atoms with Crippen LogP contribution in [0.25, 0.3) is 12.2 Å². The number of phenols is 1. The Morgan fingerprint density at radius 2 is 1.56 bits per heavy atom. The zero-order valence-corrected chi connectivity index (χ0v) is 17.6. The van der Waals surface area contributed by atoms with Gasteiger partial charge in [-0.3, -0.25) is 4.79 Å². The number of aromatic hydroxyl groups is 1. The number of ketones is 1. The van der Waals surface area contributed by atoms with Gasteiger partial charge in [-0.2, -0.15) is 0 Å². The van der Waals surface area contributed by atoms with Crippen LogP contribution in [-0.2, 0) is 11.4 Å². The number of hydrogen-bond acceptors (Lipinski definition) is 5. The SMILES string of the molecule is COc1cc(/C=C/C(O)=C/C(=O)/C=C/c2ccc(O)cc2)ccc1OCc1ccccc1. The highest BCUT2D eigenvalue weighted by Gasteiger charge is 2.05. The summed E-state index contributed by atoms with van der Waals surface area (Å²) < 4.78 is 11.3. The highest BCUT2D eigenvalue weighted by molar-refractivity contribution is 6.02. The summed E-state index contributed by atoms with van der Waals surface area (Å²) in [6.07, 6.45) is 7.19. The Bertz CT molecular complexity index is 1130. The summed E-state index contributed by atoms with van der Waals surface area (Å²) in [5.74, 6) is 0.807. The number of aliphatic hydroxyl groups excluding tert-OH is 1. The number of carbonyl (C=O) groups excluding carboxylic acids is 1. The fourth-order valence-corrected chi connectivity index (χ4v) is 2.83. The minimum atomic E-state index is -0.359. The van der Waals surface area contributed by atoms with Gasteiger partial charge in [0.15, 0.2) is 17.3 Å². The van der Waals surface area contributed by atoms with E-state index in [4.69, 9.17) is 9.47 Å². The number of hydrogen-bond donors (Lipinski definition) is 2. The van der Waals surface area contributed by atoms with Gasteiger partial charge in [-0.25, -0.2) is 0 Å². The van der Waals surface area contributed by atoms with E-state index in [9.17, 15) is 15.0 Å². The average Bonchev–Trinajstić information content (AvgIpc) is 2.82. The van der Waals surface area contributed by atoms with Gasteiger partial charge in [-0.1, -0.05) is 60.7 Å². The quantitative estimate of drug-likeness (QED) is 0.259. The van der Waals surface area contributed by atoms with Crippen LogP contribution in [0, 0.1) is 0 Å². The van der Waals surface area contributed by atoms with E-state index in [1.165, 1.54) is 24.3 Å². The summed E-state index contributed by atoms with van der Waals surface area (Å²) in [4.78, 5) is 12.0. The minimum Gasteiger partial charge on any atom is -0.508 e. The molecule has 3 aromatic carbocycles. The van der Waals surface area contributed by atoms with Crippen LogP contribution in [0.2, 0.25) is 0 Å². The number of phenolic OH excluding ortho intramolecular Hbond substituents is 1. The molecule has 3 aromatic rings. The van der Waals surface area contributed by atoms with Gasteiger partial charge in [-0.05, 0) is 53.1 Å². The molecule has 0 aromatic heterocycles. The fraction of sp³-hybridized carbons (Fsp3) is 0.0741. The summed E-state index contributed by atoms with van der Waals surface area (Å²) in [5.41, 5.74) is 2.60. The van der Waals surface area contributed by atoms with Crippen LogP contribution >= 0.6 is 0 Å². The molecule has 32 heavy (non-hydrogen) atoms. The lowest BCUT2D eigenvalue weighted by atomic mass is 10.1. The van der Waals surface area contributed by atoms with E-state index in [-0.39, 0.29) is 17.3 Å². The smallest absolute Gasteiger partial charge is 0.182 e. The highest BCUT2D eigenvalue weighted by atomic mass is 16.5. The molecule has 162 valence electrons. The Morgan fingerprint density at radius 1 is 0.875 bits per heavy atom. The van der Waals surface area contributed by atoms with E-state index in [1.807, 2.05) is 36.4 Å². The second kappa shape index (κ2) is 11.2. The molecule has 0 bridgehead atoms. The van der Waals surface area contributed by atoms with E-state index >= 15 is 0 Å². The van der Waals surface area contributed by atoms with Gasteiger partial charge >= 0.3 is 0 Å². The molecule has 0 saturated carbocycles. The first-order valence-electron chi connectivity index (χ1n) is 9.98. The van der Waals surface area contributed by atoms with Crippen molar-refractivity contribution in [2.24, 2.45) is 0 Å². The lowest BCUT2D eigenvalue weighted by Crippen LogP contribution is -1.97. The first kappa shape index (κ1) is 22.4. The molecule has 0 aliphatic rings. The summed E-state index contributed by atoms with van der Waals surface area (Å²) in [6.45, 7) is 0.426. The van der Waals surface area contributed by atoms with Crippen LogP contribution < -0.4 is 9.47 Å². The van der Waals surface area contributed by atoms with Gasteiger partial charge in [0, 0.05) is 6.08 Å². The van der Waals surface area contributed by atoms with Crippen molar-refractivity contribution in [3.63, 3.8) is 0 Å². The molecule has 5 heteroatoms. The molecule has 0 saturated heterocycles. The Labute approximate surface area is 187 Å². The van der Waals surface area contributed by atoms with Gasteiger partial charge < -0.3 is 19.7 Å². The van der Waals surface area contributed by atoms with E-state index < -0.39 is 0 Å². The molecule has 2 N–H and O–H groups in total. The predicted molar refractivity (Wildman–Crippen MR) is 126 cm³/mol. The number of methoxy groups -OCH3 is 1. The van der Waals surface area contributed by atoms with Gasteiger partial charge in [0.25, 0.3) is 0 Å². The molecule has 0 aliphatic heterocycles. The zero-order chi connectivity index (χ0) is 22.8. The van der Waals surface area contributed by atoms with E-state index in [0.29, 0.717) is 18.1 Å². The average molecular weight is 428 g/mol. The van der Waals surface area contributed by atoms with Crippen molar-refractivity contribution in [3.05, 3.63) is 113 Å². The number of ether oxygens (including phenoxy) is 2. The summed E-state index contributed by atoms with van der Waals surface area (Å²) in [7, 11) is 1.56. The van der Waals surface area contributed by atoms with Crippen molar-refractivity contribution in [1.82, 2.24) is 0 Å². The standard InChI is InChI=1S/C27H24O5/c1-31-27-17-21(11-16-26(27)32-19-22-5-3-2-4-6-22)10-15-25(30)18-24(29)14-9-20-7-12-23(28)13-8-20/h2-18,28,30H,19H2,1H3/b14-9+,15-10+,25-18-. The third kappa shape index (κ3) is 6.92. The number of carbonyl (C=O) groups is 1. The second-order valence-electron chi connectivity index (χ2n) is 6.91. The summed E-state index contributed by atoms with van der Waals surface area (Å²) in [6, 6.07) is 21.7. The summed E-state index contributed by atoms with van der Waals surface area (Å²) >= 11 is 0. The van der Waals surface area contributed by atoms with Gasteiger partial charge in [0.2, 0.25) is 0 Å². The maximum absolute atomic E-state index is 12.0. The third-order valence-corrected chi connectivity index (χ3v) is 4.49. The molecule has 0 unspecified atom stereocenters. The lowest BCUT2D eigenvalue weighted by Gasteiger charge is -2.11. The van der Waals surface area contributed by atoms with Crippen molar-refractivity contribution in [2.45, 2.75) is 6.61 Å². The van der Waals surface area contributed by atoms with E-state index in [2.05, 4.69) is 0 Å². The largest absolute Gasteiger partial charge is 0.508 e. The van der Waals surface area contributed by atoms with Crippen LogP contribution in [0.1, 0.15) is 16.7 Å². The first-order chi connectivity index (χ1) is 15.5. The number of benzene rings is 3. The molecular formula is C27H24O5. The molecule has 3 rings (SSSR count). The highest BCUT2D eigenvalue weighted by Crippen LogP contribution is 2.29. The molecule has 0 atom stereocenters. The van der Waals surface area contributed by atoms with Gasteiger partial charge in [0.05, 0.1) is 7.11 Å². The van der Waals surface area contributed by atoms with E-state index in [1.54, 1.807) is 43.5 Å². The van der Waals surface area contributed by atoms with Crippen LogP contribution in [0.3, 0.4) is 0 Å². The van der Waals surface area contributed by atoms with Gasteiger partial charge in [-0.15, -0.1) is 0 Å². The van der Waals surface area contributed by atoms with E-state index in [0.717, 1.165) is 22.8 Å². The molecule has 0 aliphatic carbocycles. The minimum absolute atomic E-state index is 0.156. The molecule has 0 radical (unpaired) electrons. The molecule has 5 nitrogen and oxygen atoms in total. The topological polar surface area (TPSA) is 76.0 Å². The molecule has 0 amide bonds. The van der Waals surface area contributed by atoms with Crippen LogP contribution in [0.4, 0.5) is 0 Å². The fourth-order valence-electron chi connectivity index (χ4n) is 2.83. The maximum atomic E-state index is 12.0. The molecule has 0 spiro atoms. The first-order valence-corrected chi connectivity index (χ1v) is 9.98. The monoisotopic (exact) mass is 428 g/mol. The number of allylic oxidation sites excluding steroid dienone is 3. The van der Waals surface area contributed by atoms with Crippen molar-refractivity contribution >= 4 is 17.9 Å². The maximum Gasteiger partial charge on any atom is 0.182 e. The summed E-state index contributed by atoms with van der Waals surface area (Å²) in [5, 5.41) is 19.3. The molecular weight excluding hydrogens is 404 g/mol. The van der Waals surface area contributed by atoms with Crippen molar-refractivity contribution < 1.29 is 24.5 Å². The number of aliphatic hydroxyl groups is 1.